The van der Waals surface area contributed by atoms with Crippen molar-refractivity contribution < 1.29 is 5.11 Å². The summed E-state index contributed by atoms with van der Waals surface area (Å²) in [6.07, 6.45) is 5.32. The Morgan fingerprint density at radius 1 is 1.31 bits per heavy atom. The maximum atomic E-state index is 9.80. The molecule has 96 valence electrons. The molecule has 1 unspecified atom stereocenters. The summed E-state index contributed by atoms with van der Waals surface area (Å²) >= 11 is 0. The lowest BCUT2D eigenvalue weighted by molar-refractivity contribution is 0.117. The van der Waals surface area contributed by atoms with Gasteiger partial charge in [0.2, 0.25) is 0 Å². The van der Waals surface area contributed by atoms with Gasteiger partial charge in [-0.2, -0.15) is 0 Å². The number of nitrogens with zero attached hydrogens (tertiary/aromatic N) is 1. The van der Waals surface area contributed by atoms with Gasteiger partial charge < -0.3 is 15.3 Å². The second-order valence-corrected chi connectivity index (χ2v) is 4.93. The molecule has 0 amide bonds. The summed E-state index contributed by atoms with van der Waals surface area (Å²) < 4.78 is 0. The van der Waals surface area contributed by atoms with Gasteiger partial charge in [0.15, 0.2) is 0 Å². The first-order chi connectivity index (χ1) is 7.76. The molecule has 2 N–H and O–H groups in total. The summed E-state index contributed by atoms with van der Waals surface area (Å²) in [5.74, 6) is 1.03. The predicted octanol–water partition coefficient (Wildman–Crippen LogP) is 1.47. The molecule has 0 spiro atoms. The standard InChI is InChI=1S/C13H28N2O/c1-3-15(4-2)11-13(16)10-14-9-5-6-12-7-8-12/h12-14,16H,3-11H2,1-2H3. The first-order valence-corrected chi connectivity index (χ1v) is 6.87. The lowest BCUT2D eigenvalue weighted by Crippen LogP contribution is -2.38. The molecule has 1 saturated carbocycles. The summed E-state index contributed by atoms with van der Waals surface area (Å²) in [6, 6.07) is 0. The number of hydrogen-bond donors (Lipinski definition) is 2. The van der Waals surface area contributed by atoms with E-state index in [2.05, 4.69) is 24.1 Å². The van der Waals surface area contributed by atoms with E-state index < -0.39 is 0 Å². The van der Waals surface area contributed by atoms with Crippen molar-refractivity contribution in [2.75, 3.05) is 32.7 Å². The largest absolute Gasteiger partial charge is 0.390 e. The van der Waals surface area contributed by atoms with Crippen LogP contribution in [0.25, 0.3) is 0 Å². The minimum absolute atomic E-state index is 0.221. The molecule has 1 fully saturated rings. The highest BCUT2D eigenvalue weighted by atomic mass is 16.3. The van der Waals surface area contributed by atoms with Gasteiger partial charge >= 0.3 is 0 Å². The fourth-order valence-electron chi connectivity index (χ4n) is 2.04. The van der Waals surface area contributed by atoms with Gasteiger partial charge in [-0.1, -0.05) is 26.7 Å². The first kappa shape index (κ1) is 13.9. The van der Waals surface area contributed by atoms with Crippen LogP contribution in [-0.4, -0.2) is 48.8 Å². The van der Waals surface area contributed by atoms with Crippen LogP contribution in [-0.2, 0) is 0 Å². The summed E-state index contributed by atoms with van der Waals surface area (Å²) in [6.45, 7) is 8.92. The van der Waals surface area contributed by atoms with Crippen molar-refractivity contribution in [2.24, 2.45) is 5.92 Å². The number of aliphatic hydroxyl groups is 1. The van der Waals surface area contributed by atoms with E-state index in [-0.39, 0.29) is 6.10 Å². The van der Waals surface area contributed by atoms with E-state index in [0.717, 1.165) is 38.6 Å². The van der Waals surface area contributed by atoms with Crippen LogP contribution in [0.5, 0.6) is 0 Å². The summed E-state index contributed by atoms with van der Waals surface area (Å²) in [7, 11) is 0. The highest BCUT2D eigenvalue weighted by molar-refractivity contribution is 4.73. The van der Waals surface area contributed by atoms with Crippen LogP contribution in [0.3, 0.4) is 0 Å². The smallest absolute Gasteiger partial charge is 0.0791 e. The zero-order valence-corrected chi connectivity index (χ0v) is 10.9. The van der Waals surface area contributed by atoms with Crippen LogP contribution < -0.4 is 5.32 Å². The van der Waals surface area contributed by atoms with Gasteiger partial charge in [-0.05, 0) is 38.4 Å². The van der Waals surface area contributed by atoms with Gasteiger partial charge in [0, 0.05) is 13.1 Å². The third-order valence-electron chi connectivity index (χ3n) is 3.41. The maximum absolute atomic E-state index is 9.80. The molecule has 0 aromatic rings. The van der Waals surface area contributed by atoms with Crippen molar-refractivity contribution in [1.29, 1.82) is 0 Å². The fourth-order valence-corrected chi connectivity index (χ4v) is 2.04. The first-order valence-electron chi connectivity index (χ1n) is 6.87. The van der Waals surface area contributed by atoms with Crippen molar-refractivity contribution in [3.63, 3.8) is 0 Å². The van der Waals surface area contributed by atoms with Gasteiger partial charge in [-0.3, -0.25) is 0 Å². The average molecular weight is 228 g/mol. The van der Waals surface area contributed by atoms with E-state index in [1.807, 2.05) is 0 Å². The van der Waals surface area contributed by atoms with Crippen LogP contribution in [0.1, 0.15) is 39.5 Å². The Labute approximate surface area is 100 Å². The number of hydrogen-bond acceptors (Lipinski definition) is 3. The minimum Gasteiger partial charge on any atom is -0.390 e. The fraction of sp³-hybridized carbons (Fsp3) is 1.00. The minimum atomic E-state index is -0.221. The number of nitrogens with one attached hydrogen (secondary N) is 1. The Bertz CT molecular complexity index is 167. The molecule has 1 aliphatic rings. The van der Waals surface area contributed by atoms with E-state index in [1.54, 1.807) is 0 Å². The topological polar surface area (TPSA) is 35.5 Å². The zero-order chi connectivity index (χ0) is 11.8. The van der Waals surface area contributed by atoms with Gasteiger partial charge in [-0.15, -0.1) is 0 Å². The summed E-state index contributed by atoms with van der Waals surface area (Å²) in [5, 5.41) is 13.1. The van der Waals surface area contributed by atoms with Crippen molar-refractivity contribution in [2.45, 2.75) is 45.6 Å². The van der Waals surface area contributed by atoms with Crippen molar-refractivity contribution in [3.05, 3.63) is 0 Å². The zero-order valence-electron chi connectivity index (χ0n) is 10.9. The third-order valence-corrected chi connectivity index (χ3v) is 3.41. The average Bonchev–Trinajstić information content (AvgIpc) is 3.09. The Hall–Kier alpha value is -0.120. The highest BCUT2D eigenvalue weighted by Crippen LogP contribution is 2.33. The second kappa shape index (κ2) is 8.04. The van der Waals surface area contributed by atoms with Gasteiger partial charge in [0.05, 0.1) is 6.10 Å². The highest BCUT2D eigenvalue weighted by Gasteiger charge is 2.19. The molecule has 1 aliphatic carbocycles. The van der Waals surface area contributed by atoms with Gasteiger partial charge in [0.25, 0.3) is 0 Å². The molecule has 0 aliphatic heterocycles. The maximum Gasteiger partial charge on any atom is 0.0791 e. The molecule has 3 heteroatoms. The van der Waals surface area contributed by atoms with E-state index in [1.165, 1.54) is 25.7 Å². The van der Waals surface area contributed by atoms with Crippen LogP contribution >= 0.6 is 0 Å². The summed E-state index contributed by atoms with van der Waals surface area (Å²) in [5.41, 5.74) is 0. The molecule has 0 bridgehead atoms. The molecular formula is C13H28N2O. The lowest BCUT2D eigenvalue weighted by atomic mass is 10.2. The SMILES string of the molecule is CCN(CC)CC(O)CNCCCC1CC1. The second-order valence-electron chi connectivity index (χ2n) is 4.93. The molecule has 1 atom stereocenters. The molecule has 0 saturated heterocycles. The van der Waals surface area contributed by atoms with Crippen LogP contribution in [0.4, 0.5) is 0 Å². The van der Waals surface area contributed by atoms with Crippen molar-refractivity contribution in [1.82, 2.24) is 10.2 Å². The van der Waals surface area contributed by atoms with E-state index in [4.69, 9.17) is 0 Å². The molecule has 0 aromatic heterocycles. The van der Waals surface area contributed by atoms with E-state index >= 15 is 0 Å². The van der Waals surface area contributed by atoms with Crippen molar-refractivity contribution >= 4 is 0 Å². The normalized spacial score (nSPS) is 18.0. The molecule has 3 nitrogen and oxygen atoms in total. The number of aliphatic hydroxyl groups excluding tert-OH is 1. The Morgan fingerprint density at radius 3 is 2.56 bits per heavy atom. The van der Waals surface area contributed by atoms with Crippen LogP contribution in [0.15, 0.2) is 0 Å². The van der Waals surface area contributed by atoms with E-state index in [9.17, 15) is 5.11 Å². The number of rotatable bonds is 10. The Kier molecular flexibility index (Phi) is 7.01. The molecule has 16 heavy (non-hydrogen) atoms. The number of likely N-dealkylation sites (N-methyl/N-ethyl adjacent to an activating group) is 1. The quantitative estimate of drug-likeness (QED) is 0.556. The molecule has 1 rings (SSSR count). The van der Waals surface area contributed by atoms with E-state index in [0.29, 0.717) is 0 Å². The lowest BCUT2D eigenvalue weighted by Gasteiger charge is -2.22. The van der Waals surface area contributed by atoms with Gasteiger partial charge in [-0.25, -0.2) is 0 Å². The molecular weight excluding hydrogens is 200 g/mol. The Morgan fingerprint density at radius 2 is 2.00 bits per heavy atom. The Balaban J connectivity index is 1.89. The van der Waals surface area contributed by atoms with Gasteiger partial charge in [0.1, 0.15) is 0 Å². The molecule has 0 aromatic carbocycles. The van der Waals surface area contributed by atoms with Crippen LogP contribution in [0, 0.1) is 5.92 Å². The third kappa shape index (κ3) is 6.46. The summed E-state index contributed by atoms with van der Waals surface area (Å²) in [4.78, 5) is 2.26. The monoisotopic (exact) mass is 228 g/mol. The molecule has 0 radical (unpaired) electrons. The molecule has 0 heterocycles. The van der Waals surface area contributed by atoms with Crippen LogP contribution in [0.2, 0.25) is 0 Å². The van der Waals surface area contributed by atoms with Crippen molar-refractivity contribution in [3.8, 4) is 0 Å². The predicted molar refractivity (Wildman–Crippen MR) is 68.6 cm³/mol.